The van der Waals surface area contributed by atoms with Crippen LogP contribution in [-0.4, -0.2) is 9.97 Å². The van der Waals surface area contributed by atoms with Crippen LogP contribution in [0.15, 0.2) is 48.8 Å². The molecule has 0 unspecified atom stereocenters. The van der Waals surface area contributed by atoms with Gasteiger partial charge in [0.25, 0.3) is 0 Å². The number of hydrogen-bond acceptors (Lipinski definition) is 3. The summed E-state index contributed by atoms with van der Waals surface area (Å²) in [5.41, 5.74) is 4.91. The highest BCUT2D eigenvalue weighted by atomic mass is 32.1. The summed E-state index contributed by atoms with van der Waals surface area (Å²) >= 11 is 1.84. The summed E-state index contributed by atoms with van der Waals surface area (Å²) in [5.74, 6) is 0. The van der Waals surface area contributed by atoms with Crippen molar-refractivity contribution >= 4 is 11.3 Å². The fraction of sp³-hybridized carbons (Fsp3) is 0.650. The molecule has 2 nitrogen and oxygen atoms in total. The molecule has 3 heteroatoms. The number of rotatable bonds is 26. The first kappa shape index (κ1) is 35.5. The number of aromatic nitrogens is 2. The highest BCUT2D eigenvalue weighted by molar-refractivity contribution is 7.18. The van der Waals surface area contributed by atoms with Crippen molar-refractivity contribution in [1.29, 1.82) is 0 Å². The maximum absolute atomic E-state index is 4.80. The van der Waals surface area contributed by atoms with Crippen LogP contribution in [-0.2, 0) is 12.8 Å². The Morgan fingerprint density at radius 1 is 0.395 bits per heavy atom. The summed E-state index contributed by atoms with van der Waals surface area (Å²) in [5, 5.41) is 0. The zero-order chi connectivity index (χ0) is 30.2. The predicted molar refractivity (Wildman–Crippen MR) is 191 cm³/mol. The average Bonchev–Trinajstić information content (AvgIpc) is 3.53. The van der Waals surface area contributed by atoms with Gasteiger partial charge in [-0.3, -0.25) is 9.97 Å². The third-order valence-corrected chi connectivity index (χ3v) is 10.1. The maximum Gasteiger partial charge on any atom is 0.0404 e. The molecule has 0 aliphatic heterocycles. The van der Waals surface area contributed by atoms with Gasteiger partial charge in [0, 0.05) is 44.7 Å². The third-order valence-electron chi connectivity index (χ3n) is 8.90. The molecule has 43 heavy (non-hydrogen) atoms. The number of pyridine rings is 2. The smallest absolute Gasteiger partial charge is 0.0404 e. The van der Waals surface area contributed by atoms with Crippen molar-refractivity contribution in [2.75, 3.05) is 0 Å². The van der Waals surface area contributed by atoms with Crippen LogP contribution in [0.3, 0.4) is 0 Å². The van der Waals surface area contributed by atoms with E-state index in [0.717, 1.165) is 12.8 Å². The van der Waals surface area contributed by atoms with E-state index in [0.29, 0.717) is 0 Å². The second kappa shape index (κ2) is 23.4. The Balaban J connectivity index is 1.27. The molecule has 0 fully saturated rings. The number of hydrogen-bond donors (Lipinski definition) is 0. The molecule has 0 N–H and O–H groups in total. The topological polar surface area (TPSA) is 25.8 Å². The number of aryl methyl sites for hydroxylation is 2. The van der Waals surface area contributed by atoms with Gasteiger partial charge in [0.15, 0.2) is 0 Å². The van der Waals surface area contributed by atoms with Gasteiger partial charge in [-0.2, -0.15) is 0 Å². The van der Waals surface area contributed by atoms with Crippen molar-refractivity contribution in [1.82, 2.24) is 9.97 Å². The Bertz CT molecular complexity index is 969. The summed E-state index contributed by atoms with van der Waals surface area (Å²) in [6, 6.07) is 13.4. The molecule has 0 spiro atoms. The third kappa shape index (κ3) is 15.5. The Morgan fingerprint density at radius 3 is 1.02 bits per heavy atom. The number of unbranched alkanes of at least 4 members (excludes halogenated alkanes) is 20. The fourth-order valence-corrected chi connectivity index (χ4v) is 7.01. The summed E-state index contributed by atoms with van der Waals surface area (Å²) in [4.78, 5) is 12.2. The van der Waals surface area contributed by atoms with Crippen molar-refractivity contribution in [2.45, 2.75) is 168 Å². The van der Waals surface area contributed by atoms with Gasteiger partial charge in [-0.05, 0) is 49.9 Å². The first-order chi connectivity index (χ1) is 21.3. The second-order valence-electron chi connectivity index (χ2n) is 12.8. The molecule has 238 valence electrons. The normalized spacial score (nSPS) is 11.4. The second-order valence-corrected chi connectivity index (χ2v) is 13.9. The van der Waals surface area contributed by atoms with Gasteiger partial charge in [-0.25, -0.2) is 0 Å². The van der Waals surface area contributed by atoms with Crippen LogP contribution in [0.1, 0.15) is 166 Å². The van der Waals surface area contributed by atoms with E-state index in [2.05, 4.69) is 62.6 Å². The Morgan fingerprint density at radius 2 is 0.721 bits per heavy atom. The molecule has 0 amide bonds. The quantitative estimate of drug-likeness (QED) is 0.0854. The monoisotopic (exact) mass is 602 g/mol. The van der Waals surface area contributed by atoms with Crippen LogP contribution in [0.25, 0.3) is 20.9 Å². The van der Waals surface area contributed by atoms with Crippen molar-refractivity contribution in [3.05, 3.63) is 60.2 Å². The van der Waals surface area contributed by atoms with Crippen LogP contribution in [0.5, 0.6) is 0 Å². The van der Waals surface area contributed by atoms with Crippen molar-refractivity contribution in [2.24, 2.45) is 0 Å². The fourth-order valence-electron chi connectivity index (χ4n) is 6.03. The maximum atomic E-state index is 4.80. The van der Waals surface area contributed by atoms with Gasteiger partial charge in [0.1, 0.15) is 0 Å². The van der Waals surface area contributed by atoms with E-state index in [4.69, 9.17) is 9.97 Å². The van der Waals surface area contributed by atoms with E-state index in [1.54, 1.807) is 0 Å². The molecule has 3 heterocycles. The molecule has 0 aliphatic rings. The molecule has 0 bridgehead atoms. The van der Waals surface area contributed by atoms with Crippen LogP contribution >= 0.6 is 11.3 Å². The van der Waals surface area contributed by atoms with E-state index in [9.17, 15) is 0 Å². The van der Waals surface area contributed by atoms with Crippen molar-refractivity contribution in [3.8, 4) is 20.9 Å². The molecule has 0 saturated carbocycles. The molecule has 3 rings (SSSR count). The minimum Gasteiger partial charge on any atom is -0.261 e. The van der Waals surface area contributed by atoms with E-state index >= 15 is 0 Å². The van der Waals surface area contributed by atoms with Crippen molar-refractivity contribution < 1.29 is 0 Å². The molecule has 3 aromatic rings. The molecule has 0 aliphatic carbocycles. The Kier molecular flexibility index (Phi) is 19.3. The summed E-state index contributed by atoms with van der Waals surface area (Å²) in [6.07, 6.45) is 36.9. The highest BCUT2D eigenvalue weighted by Crippen LogP contribution is 2.34. The van der Waals surface area contributed by atoms with Gasteiger partial charge < -0.3 is 0 Å². The molecular weight excluding hydrogens is 541 g/mol. The first-order valence-corrected chi connectivity index (χ1v) is 19.1. The van der Waals surface area contributed by atoms with E-state index < -0.39 is 0 Å². The molecule has 0 saturated heterocycles. The summed E-state index contributed by atoms with van der Waals surface area (Å²) in [7, 11) is 0. The minimum absolute atomic E-state index is 1.10. The number of thiophene rings is 1. The standard InChI is InChI=1S/C40H62N2S/c1-3-5-7-9-11-13-15-17-19-21-23-25-37-29-27-35(33-41-37)39-31-32-40(43-39)36-28-30-38(42-34-36)26-24-22-20-18-16-14-12-10-8-6-4-2/h27-34H,3-26H2,1-2H3. The highest BCUT2D eigenvalue weighted by Gasteiger charge is 2.07. The summed E-state index contributed by atoms with van der Waals surface area (Å²) in [6.45, 7) is 4.58. The lowest BCUT2D eigenvalue weighted by Crippen LogP contribution is -1.91. The molecule has 0 aromatic carbocycles. The zero-order valence-electron chi connectivity index (χ0n) is 27.9. The average molecular weight is 603 g/mol. The van der Waals surface area contributed by atoms with E-state index in [1.165, 1.54) is 174 Å². The van der Waals surface area contributed by atoms with Gasteiger partial charge >= 0.3 is 0 Å². The van der Waals surface area contributed by atoms with Gasteiger partial charge in [-0.15, -0.1) is 11.3 Å². The van der Waals surface area contributed by atoms with Crippen LogP contribution < -0.4 is 0 Å². The van der Waals surface area contributed by atoms with Crippen LogP contribution in [0.2, 0.25) is 0 Å². The Labute approximate surface area is 269 Å². The molecule has 0 radical (unpaired) electrons. The lowest BCUT2D eigenvalue weighted by atomic mass is 10.0. The summed E-state index contributed by atoms with van der Waals surface area (Å²) < 4.78 is 0. The molecule has 0 atom stereocenters. The Hall–Kier alpha value is -2.00. The molecular formula is C40H62N2S. The first-order valence-electron chi connectivity index (χ1n) is 18.3. The zero-order valence-corrected chi connectivity index (χ0v) is 28.7. The van der Waals surface area contributed by atoms with Crippen LogP contribution in [0, 0.1) is 0 Å². The van der Waals surface area contributed by atoms with Gasteiger partial charge in [-0.1, -0.05) is 154 Å². The predicted octanol–water partition coefficient (Wildman–Crippen LogP) is 13.6. The minimum atomic E-state index is 1.10. The molecule has 3 aromatic heterocycles. The lowest BCUT2D eigenvalue weighted by Gasteiger charge is -2.04. The van der Waals surface area contributed by atoms with Crippen LogP contribution in [0.4, 0.5) is 0 Å². The number of nitrogens with zero attached hydrogens (tertiary/aromatic N) is 2. The van der Waals surface area contributed by atoms with Gasteiger partial charge in [0.05, 0.1) is 0 Å². The van der Waals surface area contributed by atoms with E-state index in [1.807, 2.05) is 11.3 Å². The SMILES string of the molecule is CCCCCCCCCCCCCc1ccc(-c2ccc(-c3ccc(CCCCCCCCCCCCC)nc3)s2)cn1. The van der Waals surface area contributed by atoms with E-state index in [-0.39, 0.29) is 0 Å². The van der Waals surface area contributed by atoms with Crippen molar-refractivity contribution in [3.63, 3.8) is 0 Å². The van der Waals surface area contributed by atoms with Gasteiger partial charge in [0.2, 0.25) is 0 Å². The lowest BCUT2D eigenvalue weighted by molar-refractivity contribution is 0.549. The largest absolute Gasteiger partial charge is 0.261 e.